The number of benzene rings is 1. The van der Waals surface area contributed by atoms with E-state index in [4.69, 9.17) is 9.26 Å². The lowest BCUT2D eigenvalue weighted by Crippen LogP contribution is -2.40. The highest BCUT2D eigenvalue weighted by molar-refractivity contribution is 5.74. The summed E-state index contributed by atoms with van der Waals surface area (Å²) in [5.41, 5.74) is 0.230. The number of hydrogen-bond acceptors (Lipinski definition) is 6. The molecule has 10 heteroatoms. The molecule has 0 unspecified atom stereocenters. The van der Waals surface area contributed by atoms with Crippen LogP contribution in [0.1, 0.15) is 32.3 Å². The second-order valence-electron chi connectivity index (χ2n) is 7.31. The van der Waals surface area contributed by atoms with Crippen LogP contribution in [0.25, 0.3) is 22.7 Å². The third-order valence-electron chi connectivity index (χ3n) is 4.83. The molecule has 1 aromatic carbocycles. The van der Waals surface area contributed by atoms with Crippen molar-refractivity contribution in [1.82, 2.24) is 24.3 Å². The Morgan fingerprint density at radius 3 is 2.70 bits per heavy atom. The van der Waals surface area contributed by atoms with Crippen molar-refractivity contribution in [2.45, 2.75) is 39.8 Å². The lowest BCUT2D eigenvalue weighted by Gasteiger charge is -2.09. The number of aromatic nitrogens is 5. The first kappa shape index (κ1) is 22.1. The lowest BCUT2D eigenvalue weighted by atomic mass is 10.2. The zero-order valence-electron chi connectivity index (χ0n) is 18.2. The van der Waals surface area contributed by atoms with E-state index in [0.717, 1.165) is 0 Å². The van der Waals surface area contributed by atoms with Crippen molar-refractivity contribution in [3.8, 4) is 29.3 Å². The summed E-state index contributed by atoms with van der Waals surface area (Å²) in [6, 6.07) is 7.45. The smallest absolute Gasteiger partial charge is 0.332 e. The number of H-pyrrole nitrogens is 1. The van der Waals surface area contributed by atoms with Gasteiger partial charge in [0.2, 0.25) is 5.76 Å². The van der Waals surface area contributed by atoms with E-state index in [2.05, 4.69) is 27.0 Å². The molecule has 9 nitrogen and oxygen atoms in total. The quantitative estimate of drug-likeness (QED) is 0.433. The van der Waals surface area contributed by atoms with Gasteiger partial charge < -0.3 is 14.2 Å². The number of ether oxygens (including phenoxy) is 1. The van der Waals surface area contributed by atoms with Crippen LogP contribution < -0.4 is 16.0 Å². The molecular weight excluding hydrogens is 429 g/mol. The van der Waals surface area contributed by atoms with Gasteiger partial charge in [0, 0.05) is 18.7 Å². The summed E-state index contributed by atoms with van der Waals surface area (Å²) in [6.07, 6.45) is 1.36. The zero-order valence-corrected chi connectivity index (χ0v) is 18.2. The van der Waals surface area contributed by atoms with Gasteiger partial charge in [0.15, 0.2) is 23.6 Å². The number of fused-ring (bicyclic) bond motifs is 1. The van der Waals surface area contributed by atoms with Gasteiger partial charge in [-0.3, -0.25) is 13.9 Å². The number of rotatable bonds is 7. The molecule has 0 aliphatic heterocycles. The Bertz CT molecular complexity index is 1470. The van der Waals surface area contributed by atoms with Gasteiger partial charge in [0.25, 0.3) is 11.4 Å². The van der Waals surface area contributed by atoms with Crippen molar-refractivity contribution in [1.29, 1.82) is 0 Å². The lowest BCUT2D eigenvalue weighted by molar-refractivity contribution is 0.316. The Kier molecular flexibility index (Phi) is 6.40. The predicted molar refractivity (Wildman–Crippen MR) is 119 cm³/mol. The second-order valence-corrected chi connectivity index (χ2v) is 7.31. The molecule has 0 fully saturated rings. The van der Waals surface area contributed by atoms with Gasteiger partial charge in [-0.15, -0.1) is 0 Å². The zero-order chi connectivity index (χ0) is 23.4. The minimum absolute atomic E-state index is 0.0143. The van der Waals surface area contributed by atoms with Gasteiger partial charge in [-0.2, -0.15) is 0 Å². The van der Waals surface area contributed by atoms with E-state index in [1.165, 1.54) is 27.3 Å². The summed E-state index contributed by atoms with van der Waals surface area (Å²) in [6.45, 7) is 4.61. The molecule has 0 amide bonds. The minimum Gasteiger partial charge on any atom is -0.462 e. The van der Waals surface area contributed by atoms with Gasteiger partial charge in [-0.05, 0) is 36.2 Å². The Morgan fingerprint density at radius 2 is 1.94 bits per heavy atom. The van der Waals surface area contributed by atoms with Crippen molar-refractivity contribution >= 4 is 11.2 Å². The van der Waals surface area contributed by atoms with Crippen LogP contribution >= 0.6 is 0 Å². The first-order valence-corrected chi connectivity index (χ1v) is 10.6. The summed E-state index contributed by atoms with van der Waals surface area (Å²) in [7, 11) is 0. The monoisotopic (exact) mass is 451 g/mol. The molecule has 3 aromatic heterocycles. The third kappa shape index (κ3) is 4.57. The van der Waals surface area contributed by atoms with Crippen LogP contribution in [0.3, 0.4) is 0 Å². The molecule has 3 heterocycles. The molecule has 0 atom stereocenters. The first-order valence-electron chi connectivity index (χ1n) is 10.6. The fraction of sp³-hybridized carbons (Fsp3) is 0.304. The molecule has 0 bridgehead atoms. The first-order chi connectivity index (χ1) is 16.0. The topological polar surface area (TPSA) is 108 Å². The van der Waals surface area contributed by atoms with Crippen LogP contribution in [-0.2, 0) is 13.1 Å². The molecule has 0 saturated heterocycles. The normalized spacial score (nSPS) is 10.9. The van der Waals surface area contributed by atoms with Gasteiger partial charge in [-0.1, -0.05) is 31.8 Å². The Morgan fingerprint density at radius 1 is 1.15 bits per heavy atom. The van der Waals surface area contributed by atoms with Crippen molar-refractivity contribution in [2.75, 3.05) is 6.61 Å². The molecule has 170 valence electrons. The van der Waals surface area contributed by atoms with E-state index >= 15 is 0 Å². The molecule has 0 spiro atoms. The van der Waals surface area contributed by atoms with Crippen LogP contribution in [0.5, 0.6) is 5.88 Å². The van der Waals surface area contributed by atoms with Crippen molar-refractivity contribution in [3.63, 3.8) is 0 Å². The highest BCUT2D eigenvalue weighted by Gasteiger charge is 2.19. The standard InChI is InChI=1S/C23H22FN5O4/c1-3-10-28-21-19(22(30)29(11-4-2)23(28)31)25-20(26-21)17-14-18(27-33-17)32-12-6-8-15-7-5-9-16(24)13-15/h5,7,9,13-14H,3-4,10-12H2,1-2H3,(H,25,26). The van der Waals surface area contributed by atoms with Crippen LogP contribution in [-0.4, -0.2) is 30.9 Å². The molecule has 0 saturated carbocycles. The fourth-order valence-corrected chi connectivity index (χ4v) is 3.38. The SMILES string of the molecule is CCCn1c(=O)c2[nH]c(-c3cc(OCC#Cc4cccc(F)c4)no3)nc2n(CCC)c1=O. The molecule has 0 radical (unpaired) electrons. The van der Waals surface area contributed by atoms with Gasteiger partial charge in [-0.25, -0.2) is 14.2 Å². The molecule has 33 heavy (non-hydrogen) atoms. The van der Waals surface area contributed by atoms with Gasteiger partial charge in [0.05, 0.1) is 6.07 Å². The van der Waals surface area contributed by atoms with Gasteiger partial charge in [0.1, 0.15) is 5.82 Å². The maximum Gasteiger partial charge on any atom is 0.332 e. The highest BCUT2D eigenvalue weighted by atomic mass is 19.1. The number of nitrogens with one attached hydrogen (secondary N) is 1. The number of aromatic amines is 1. The van der Waals surface area contributed by atoms with Crippen molar-refractivity contribution in [2.24, 2.45) is 0 Å². The van der Waals surface area contributed by atoms with E-state index in [1.807, 2.05) is 13.8 Å². The van der Waals surface area contributed by atoms with E-state index in [0.29, 0.717) is 31.5 Å². The molecule has 1 N–H and O–H groups in total. The van der Waals surface area contributed by atoms with Crippen LogP contribution in [0, 0.1) is 17.7 Å². The number of imidazole rings is 1. The second kappa shape index (κ2) is 9.56. The summed E-state index contributed by atoms with van der Waals surface area (Å²) >= 11 is 0. The van der Waals surface area contributed by atoms with Gasteiger partial charge >= 0.3 is 5.69 Å². The Balaban J connectivity index is 1.59. The maximum atomic E-state index is 13.2. The number of hydrogen-bond donors (Lipinski definition) is 1. The van der Waals surface area contributed by atoms with Crippen LogP contribution in [0.15, 0.2) is 44.4 Å². The average molecular weight is 451 g/mol. The molecule has 0 aliphatic rings. The number of nitrogens with zero attached hydrogens (tertiary/aromatic N) is 4. The van der Waals surface area contributed by atoms with Crippen molar-refractivity contribution < 1.29 is 13.7 Å². The summed E-state index contributed by atoms with van der Waals surface area (Å²) in [4.78, 5) is 33.0. The minimum atomic E-state index is -0.424. The maximum absolute atomic E-state index is 13.2. The Labute approximate surface area is 187 Å². The third-order valence-corrected chi connectivity index (χ3v) is 4.83. The van der Waals surface area contributed by atoms with E-state index in [-0.39, 0.29) is 46.7 Å². The Hall–Kier alpha value is -4.13. The largest absolute Gasteiger partial charge is 0.462 e. The number of halogens is 1. The van der Waals surface area contributed by atoms with E-state index in [1.54, 1.807) is 12.1 Å². The number of aryl methyl sites for hydroxylation is 1. The molecular formula is C23H22FN5O4. The fourth-order valence-electron chi connectivity index (χ4n) is 3.38. The predicted octanol–water partition coefficient (Wildman–Crippen LogP) is 2.93. The van der Waals surface area contributed by atoms with E-state index < -0.39 is 5.56 Å². The average Bonchev–Trinajstić information content (AvgIpc) is 3.45. The van der Waals surface area contributed by atoms with Crippen LogP contribution in [0.2, 0.25) is 0 Å². The molecule has 4 aromatic rings. The van der Waals surface area contributed by atoms with Crippen LogP contribution in [0.4, 0.5) is 4.39 Å². The summed E-state index contributed by atoms with van der Waals surface area (Å²) in [5, 5.41) is 3.83. The molecule has 4 rings (SSSR count). The highest BCUT2D eigenvalue weighted by Crippen LogP contribution is 2.22. The molecule has 0 aliphatic carbocycles. The summed E-state index contributed by atoms with van der Waals surface area (Å²) in [5.74, 6) is 5.89. The van der Waals surface area contributed by atoms with E-state index in [9.17, 15) is 14.0 Å². The van der Waals surface area contributed by atoms with Crippen molar-refractivity contribution in [3.05, 3.63) is 62.6 Å². The summed E-state index contributed by atoms with van der Waals surface area (Å²) < 4.78 is 26.6.